The summed E-state index contributed by atoms with van der Waals surface area (Å²) in [5.41, 5.74) is 5.57. The average Bonchev–Trinajstić information content (AvgIpc) is 3.31. The fourth-order valence-corrected chi connectivity index (χ4v) is 6.40. The van der Waals surface area contributed by atoms with Crippen molar-refractivity contribution in [1.82, 2.24) is 0 Å². The molecule has 2 aromatic carbocycles. The van der Waals surface area contributed by atoms with Crippen LogP contribution in [0.4, 0.5) is 5.69 Å². The number of carboxylic acids is 1. The van der Waals surface area contributed by atoms with E-state index >= 15 is 0 Å². The quantitative estimate of drug-likeness (QED) is 0.270. The number of aliphatic hydroxyl groups is 2. The van der Waals surface area contributed by atoms with Crippen LogP contribution in [0.3, 0.4) is 0 Å². The Kier molecular flexibility index (Phi) is 7.96. The lowest BCUT2D eigenvalue weighted by Gasteiger charge is -2.20. The van der Waals surface area contributed by atoms with Gasteiger partial charge in [-0.3, -0.25) is 4.79 Å². The van der Waals surface area contributed by atoms with Gasteiger partial charge in [0.05, 0.1) is 23.6 Å². The van der Waals surface area contributed by atoms with E-state index in [9.17, 15) is 20.1 Å². The molecule has 0 fully saturated rings. The normalized spacial score (nSPS) is 15.0. The van der Waals surface area contributed by atoms with E-state index in [-0.39, 0.29) is 12.8 Å². The number of aryl methyl sites for hydroxylation is 3. The molecule has 0 bridgehead atoms. The predicted molar refractivity (Wildman–Crippen MR) is 143 cm³/mol. The summed E-state index contributed by atoms with van der Waals surface area (Å²) in [6.07, 6.45) is 4.09. The number of thioether (sulfide) groups is 1. The van der Waals surface area contributed by atoms with Crippen LogP contribution in [0.1, 0.15) is 42.3 Å². The molecule has 8 heteroatoms. The van der Waals surface area contributed by atoms with Crippen molar-refractivity contribution >= 4 is 51.0 Å². The minimum Gasteiger partial charge on any atom is -0.481 e. The van der Waals surface area contributed by atoms with E-state index in [1.165, 1.54) is 0 Å². The zero-order valence-corrected chi connectivity index (χ0v) is 21.8. The van der Waals surface area contributed by atoms with Gasteiger partial charge in [-0.2, -0.15) is 4.57 Å². The summed E-state index contributed by atoms with van der Waals surface area (Å²) >= 11 is 3.35. The Labute approximate surface area is 213 Å². The van der Waals surface area contributed by atoms with Gasteiger partial charge in [-0.1, -0.05) is 42.2 Å². The number of nitrogens with zero attached hydrogens (tertiary/aromatic N) is 2. The van der Waals surface area contributed by atoms with Gasteiger partial charge in [-0.05, 0) is 61.2 Å². The largest absolute Gasteiger partial charge is 0.481 e. The molecule has 0 saturated carbocycles. The molecule has 3 aromatic rings. The lowest BCUT2D eigenvalue weighted by atomic mass is 10.1. The average molecular weight is 512 g/mol. The number of aliphatic hydroxyl groups excluding tert-OH is 1. The van der Waals surface area contributed by atoms with Crippen molar-refractivity contribution in [2.45, 2.75) is 57.8 Å². The fourth-order valence-electron chi connectivity index (χ4n) is 4.11. The van der Waals surface area contributed by atoms with Gasteiger partial charge in [0.15, 0.2) is 12.8 Å². The minimum atomic E-state index is -1.36. The highest BCUT2D eigenvalue weighted by Crippen LogP contribution is 2.47. The number of carbonyl (C=O) groups is 1. The number of anilines is 1. The Morgan fingerprint density at radius 1 is 1.14 bits per heavy atom. The maximum Gasteiger partial charge on any atom is 0.305 e. The Morgan fingerprint density at radius 3 is 2.60 bits per heavy atom. The van der Waals surface area contributed by atoms with Gasteiger partial charge in [-0.25, -0.2) is 0 Å². The van der Waals surface area contributed by atoms with Crippen LogP contribution in [-0.4, -0.2) is 34.1 Å². The number of allylic oxidation sites excluding steroid dienone is 2. The van der Waals surface area contributed by atoms with Gasteiger partial charge >= 0.3 is 5.97 Å². The molecule has 4 rings (SSSR count). The topological polar surface area (TPSA) is 84.9 Å². The van der Waals surface area contributed by atoms with Crippen molar-refractivity contribution in [3.63, 3.8) is 0 Å². The van der Waals surface area contributed by atoms with Gasteiger partial charge in [0.1, 0.15) is 4.70 Å². The highest BCUT2D eigenvalue weighted by molar-refractivity contribution is 8.03. The Balaban J connectivity index is 1.74. The summed E-state index contributed by atoms with van der Waals surface area (Å²) in [5.74, 6) is -0.811. The monoisotopic (exact) mass is 511 g/mol. The molecule has 0 atom stereocenters. The van der Waals surface area contributed by atoms with Gasteiger partial charge < -0.3 is 20.2 Å². The van der Waals surface area contributed by atoms with Gasteiger partial charge in [0, 0.05) is 23.6 Å². The third kappa shape index (κ3) is 5.95. The molecule has 0 radical (unpaired) electrons. The SMILES string of the molecule is CCC(/C=C1\Sc2ccc(C)cc2N1CCC(=O)O)=C\c1sc2ccc(C)cc2[n+]1CCC(O)O. The number of benzene rings is 2. The standard InChI is InChI=1S/C27H30N2O4S2/c1-4-19(15-24-28(11-9-26(30)31)20-13-17(2)5-7-22(20)34-24)16-25-29(12-10-27(32)33)21-14-18(3)6-8-23(21)35-25/h5-8,13-16,26,30-31H,4,9-12H2,1-3H3/p+1. The van der Waals surface area contributed by atoms with Crippen LogP contribution in [0.15, 0.2) is 58.0 Å². The van der Waals surface area contributed by atoms with Crippen molar-refractivity contribution in [3.8, 4) is 0 Å². The number of fused-ring (bicyclic) bond motifs is 2. The van der Waals surface area contributed by atoms with Gasteiger partial charge in [0.2, 0.25) is 5.52 Å². The molecule has 35 heavy (non-hydrogen) atoms. The third-order valence-electron chi connectivity index (χ3n) is 5.96. The number of carboxylic acid groups (broad SMARTS) is 1. The first-order chi connectivity index (χ1) is 16.7. The van der Waals surface area contributed by atoms with E-state index in [4.69, 9.17) is 0 Å². The predicted octanol–water partition coefficient (Wildman–Crippen LogP) is 5.23. The maximum absolute atomic E-state index is 11.3. The van der Waals surface area contributed by atoms with E-state index in [2.05, 4.69) is 71.9 Å². The molecule has 0 spiro atoms. The molecule has 3 N–H and O–H groups in total. The molecule has 0 amide bonds. The van der Waals surface area contributed by atoms with E-state index in [0.717, 1.165) is 54.0 Å². The first-order valence-electron chi connectivity index (χ1n) is 11.7. The van der Waals surface area contributed by atoms with Crippen LogP contribution >= 0.6 is 23.1 Å². The first-order valence-corrected chi connectivity index (χ1v) is 13.4. The van der Waals surface area contributed by atoms with Crippen LogP contribution in [0.25, 0.3) is 16.3 Å². The second-order valence-electron chi connectivity index (χ2n) is 8.76. The zero-order chi connectivity index (χ0) is 25.1. The van der Waals surface area contributed by atoms with Crippen LogP contribution in [0.5, 0.6) is 0 Å². The molecule has 1 aliphatic rings. The second-order valence-corrected chi connectivity index (χ2v) is 10.9. The summed E-state index contributed by atoms with van der Waals surface area (Å²) in [7, 11) is 0. The molecule has 0 unspecified atom stereocenters. The van der Waals surface area contributed by atoms with Crippen molar-refractivity contribution in [1.29, 1.82) is 0 Å². The van der Waals surface area contributed by atoms with E-state index in [0.29, 0.717) is 13.1 Å². The van der Waals surface area contributed by atoms with Crippen molar-refractivity contribution < 1.29 is 24.7 Å². The zero-order valence-electron chi connectivity index (χ0n) is 20.2. The molecular weight excluding hydrogens is 480 g/mol. The van der Waals surface area contributed by atoms with Crippen LogP contribution in [0, 0.1) is 13.8 Å². The first kappa shape index (κ1) is 25.4. The molecule has 1 aromatic heterocycles. The number of rotatable bonds is 9. The third-order valence-corrected chi connectivity index (χ3v) is 8.18. The van der Waals surface area contributed by atoms with Crippen molar-refractivity contribution in [2.24, 2.45) is 0 Å². The molecule has 0 aliphatic carbocycles. The molecule has 1 aliphatic heterocycles. The van der Waals surface area contributed by atoms with E-state index < -0.39 is 12.3 Å². The fraction of sp³-hybridized carbons (Fsp3) is 0.333. The highest BCUT2D eigenvalue weighted by atomic mass is 32.2. The highest BCUT2D eigenvalue weighted by Gasteiger charge is 2.26. The Morgan fingerprint density at radius 2 is 1.89 bits per heavy atom. The molecular formula is C27H31N2O4S2+. The minimum absolute atomic E-state index is 0.0651. The molecule has 6 nitrogen and oxygen atoms in total. The van der Waals surface area contributed by atoms with Gasteiger partial charge in [0.25, 0.3) is 5.01 Å². The van der Waals surface area contributed by atoms with Gasteiger partial charge in [-0.15, -0.1) is 0 Å². The second kappa shape index (κ2) is 11.0. The van der Waals surface area contributed by atoms with E-state index in [1.807, 2.05) is 6.92 Å². The summed E-state index contributed by atoms with van der Waals surface area (Å²) in [4.78, 5) is 14.6. The molecule has 184 valence electrons. The summed E-state index contributed by atoms with van der Waals surface area (Å²) in [6, 6.07) is 12.6. The number of aromatic nitrogens is 1. The number of hydrogen-bond acceptors (Lipinski definition) is 6. The maximum atomic E-state index is 11.3. The smallest absolute Gasteiger partial charge is 0.305 e. The number of aliphatic carboxylic acids is 1. The van der Waals surface area contributed by atoms with Crippen molar-refractivity contribution in [2.75, 3.05) is 11.4 Å². The lowest BCUT2D eigenvalue weighted by Crippen LogP contribution is -2.36. The Bertz CT molecular complexity index is 1310. The van der Waals surface area contributed by atoms with Crippen LogP contribution in [0.2, 0.25) is 0 Å². The summed E-state index contributed by atoms with van der Waals surface area (Å²) < 4.78 is 3.31. The lowest BCUT2D eigenvalue weighted by molar-refractivity contribution is -0.671. The van der Waals surface area contributed by atoms with Crippen LogP contribution < -0.4 is 9.47 Å². The number of hydrogen-bond donors (Lipinski definition) is 3. The van der Waals surface area contributed by atoms with Crippen molar-refractivity contribution in [3.05, 3.63) is 69.2 Å². The summed E-state index contributed by atoms with van der Waals surface area (Å²) in [6.45, 7) is 7.14. The summed E-state index contributed by atoms with van der Waals surface area (Å²) in [5, 5.41) is 30.3. The van der Waals surface area contributed by atoms with Crippen LogP contribution in [-0.2, 0) is 11.3 Å². The molecule has 0 saturated heterocycles. The van der Waals surface area contributed by atoms with E-state index in [1.54, 1.807) is 23.1 Å². The Hall–Kier alpha value is -2.65. The molecule has 2 heterocycles. The number of thiazole rings is 1.